The summed E-state index contributed by atoms with van der Waals surface area (Å²) >= 11 is 0. The van der Waals surface area contributed by atoms with Crippen LogP contribution >= 0.6 is 0 Å². The van der Waals surface area contributed by atoms with Crippen molar-refractivity contribution in [2.24, 2.45) is 5.92 Å². The van der Waals surface area contributed by atoms with Gasteiger partial charge >= 0.3 is 6.09 Å². The van der Waals surface area contributed by atoms with Gasteiger partial charge in [-0.15, -0.1) is 0 Å². The van der Waals surface area contributed by atoms with Crippen molar-refractivity contribution in [1.29, 1.82) is 0 Å². The van der Waals surface area contributed by atoms with E-state index in [1.807, 2.05) is 30.3 Å². The van der Waals surface area contributed by atoms with E-state index in [4.69, 9.17) is 9.84 Å². The molecule has 0 bridgehead atoms. The number of carbonyl (C=O) groups excluding carboxylic acids is 1. The van der Waals surface area contributed by atoms with E-state index < -0.39 is 0 Å². The standard InChI is InChI=1S/C16H23NO3/c18-11-10-13-6-8-15(9-7-13)17-16(19)20-12-14-4-2-1-3-5-14/h1-5,13,15,18H,6-12H2,(H,17,19). The zero-order chi connectivity index (χ0) is 14.2. The predicted molar refractivity (Wildman–Crippen MR) is 77.2 cm³/mol. The van der Waals surface area contributed by atoms with Crippen LogP contribution in [0.25, 0.3) is 0 Å². The van der Waals surface area contributed by atoms with Gasteiger partial charge in [0.15, 0.2) is 0 Å². The molecular formula is C16H23NO3. The van der Waals surface area contributed by atoms with Crippen molar-refractivity contribution in [3.05, 3.63) is 35.9 Å². The number of benzene rings is 1. The van der Waals surface area contributed by atoms with Crippen molar-refractivity contribution in [3.8, 4) is 0 Å². The van der Waals surface area contributed by atoms with E-state index >= 15 is 0 Å². The highest BCUT2D eigenvalue weighted by atomic mass is 16.5. The van der Waals surface area contributed by atoms with Crippen LogP contribution < -0.4 is 5.32 Å². The predicted octanol–water partition coefficient (Wildman–Crippen LogP) is 2.85. The van der Waals surface area contributed by atoms with E-state index in [1.54, 1.807) is 0 Å². The van der Waals surface area contributed by atoms with Gasteiger partial charge in [-0.05, 0) is 43.6 Å². The first-order valence-corrected chi connectivity index (χ1v) is 7.36. The van der Waals surface area contributed by atoms with Gasteiger partial charge in [-0.2, -0.15) is 0 Å². The number of nitrogens with one attached hydrogen (secondary N) is 1. The highest BCUT2D eigenvalue weighted by Crippen LogP contribution is 2.26. The molecule has 0 atom stereocenters. The van der Waals surface area contributed by atoms with Crippen LogP contribution in [-0.4, -0.2) is 23.8 Å². The number of alkyl carbamates (subject to hydrolysis) is 1. The molecule has 1 aliphatic rings. The quantitative estimate of drug-likeness (QED) is 0.870. The molecule has 0 heterocycles. The number of hydrogen-bond donors (Lipinski definition) is 2. The van der Waals surface area contributed by atoms with Gasteiger partial charge in [0, 0.05) is 12.6 Å². The van der Waals surface area contributed by atoms with Gasteiger partial charge in [0.2, 0.25) is 0 Å². The van der Waals surface area contributed by atoms with Gasteiger partial charge < -0.3 is 15.2 Å². The second-order valence-corrected chi connectivity index (χ2v) is 5.44. The molecule has 0 radical (unpaired) electrons. The third-order valence-electron chi connectivity index (χ3n) is 3.92. The molecule has 1 saturated carbocycles. The van der Waals surface area contributed by atoms with Crippen LogP contribution in [0.2, 0.25) is 0 Å². The SMILES string of the molecule is O=C(NC1CCC(CCO)CC1)OCc1ccccc1. The highest BCUT2D eigenvalue weighted by molar-refractivity contribution is 5.67. The zero-order valence-electron chi connectivity index (χ0n) is 11.8. The van der Waals surface area contributed by atoms with Crippen LogP contribution in [0.4, 0.5) is 4.79 Å². The molecule has 0 aliphatic heterocycles. The minimum atomic E-state index is -0.334. The molecule has 0 aromatic heterocycles. The second-order valence-electron chi connectivity index (χ2n) is 5.44. The molecule has 1 fully saturated rings. The maximum Gasteiger partial charge on any atom is 0.407 e. The molecule has 0 saturated heterocycles. The fourth-order valence-electron chi connectivity index (χ4n) is 2.71. The van der Waals surface area contributed by atoms with Crippen LogP contribution in [0.1, 0.15) is 37.7 Å². The zero-order valence-corrected chi connectivity index (χ0v) is 11.8. The molecule has 0 spiro atoms. The first kappa shape index (κ1) is 14.9. The summed E-state index contributed by atoms with van der Waals surface area (Å²) in [5.41, 5.74) is 0.995. The van der Waals surface area contributed by atoms with Crippen LogP contribution in [0.15, 0.2) is 30.3 Å². The smallest absolute Gasteiger partial charge is 0.407 e. The van der Waals surface area contributed by atoms with Crippen molar-refractivity contribution in [2.45, 2.75) is 44.8 Å². The van der Waals surface area contributed by atoms with Gasteiger partial charge in [0.05, 0.1) is 0 Å². The third-order valence-corrected chi connectivity index (χ3v) is 3.92. The van der Waals surface area contributed by atoms with Crippen molar-refractivity contribution >= 4 is 6.09 Å². The van der Waals surface area contributed by atoms with E-state index in [0.717, 1.165) is 37.7 Å². The molecule has 110 valence electrons. The number of aliphatic hydroxyl groups excluding tert-OH is 1. The minimum Gasteiger partial charge on any atom is -0.445 e. The van der Waals surface area contributed by atoms with Crippen molar-refractivity contribution in [3.63, 3.8) is 0 Å². The summed E-state index contributed by atoms with van der Waals surface area (Å²) in [5.74, 6) is 0.610. The summed E-state index contributed by atoms with van der Waals surface area (Å²) in [7, 11) is 0. The van der Waals surface area contributed by atoms with Crippen molar-refractivity contribution in [1.82, 2.24) is 5.32 Å². The van der Waals surface area contributed by atoms with E-state index in [-0.39, 0.29) is 18.7 Å². The lowest BCUT2D eigenvalue weighted by atomic mass is 9.84. The summed E-state index contributed by atoms with van der Waals surface area (Å²) in [6, 6.07) is 9.89. The third kappa shape index (κ3) is 4.85. The average molecular weight is 277 g/mol. The summed E-state index contributed by atoms with van der Waals surface area (Å²) in [5, 5.41) is 11.8. The Balaban J connectivity index is 1.65. The fraction of sp³-hybridized carbons (Fsp3) is 0.562. The van der Waals surface area contributed by atoms with Crippen molar-refractivity contribution in [2.75, 3.05) is 6.61 Å². The summed E-state index contributed by atoms with van der Waals surface area (Å²) in [4.78, 5) is 11.7. The number of rotatable bonds is 5. The number of ether oxygens (including phenoxy) is 1. The second kappa shape index (κ2) is 7.90. The molecule has 1 aromatic carbocycles. The lowest BCUT2D eigenvalue weighted by Gasteiger charge is -2.28. The summed E-state index contributed by atoms with van der Waals surface area (Å²) < 4.78 is 5.22. The monoisotopic (exact) mass is 277 g/mol. The van der Waals surface area contributed by atoms with Crippen molar-refractivity contribution < 1.29 is 14.6 Å². The van der Waals surface area contributed by atoms with Gasteiger partial charge in [-0.1, -0.05) is 30.3 Å². The van der Waals surface area contributed by atoms with E-state index in [0.29, 0.717) is 12.5 Å². The van der Waals surface area contributed by atoms with E-state index in [1.165, 1.54) is 0 Å². The molecule has 20 heavy (non-hydrogen) atoms. The Hall–Kier alpha value is -1.55. The van der Waals surface area contributed by atoms with E-state index in [9.17, 15) is 4.79 Å². The first-order chi connectivity index (χ1) is 9.78. The number of carbonyl (C=O) groups is 1. The lowest BCUT2D eigenvalue weighted by Crippen LogP contribution is -2.38. The molecule has 4 heteroatoms. The largest absolute Gasteiger partial charge is 0.445 e. The van der Waals surface area contributed by atoms with Gasteiger partial charge in [-0.25, -0.2) is 4.79 Å². The number of amides is 1. The maximum absolute atomic E-state index is 11.7. The topological polar surface area (TPSA) is 58.6 Å². The first-order valence-electron chi connectivity index (χ1n) is 7.36. The molecule has 2 rings (SSSR count). The Bertz CT molecular complexity index is 399. The lowest BCUT2D eigenvalue weighted by molar-refractivity contribution is 0.129. The molecule has 2 N–H and O–H groups in total. The maximum atomic E-state index is 11.7. The normalized spacial score (nSPS) is 22.2. The Morgan fingerprint density at radius 3 is 2.55 bits per heavy atom. The Morgan fingerprint density at radius 1 is 1.20 bits per heavy atom. The van der Waals surface area contributed by atoms with Crippen LogP contribution in [0.5, 0.6) is 0 Å². The molecule has 1 aromatic rings. The Morgan fingerprint density at radius 2 is 1.90 bits per heavy atom. The molecule has 1 amide bonds. The minimum absolute atomic E-state index is 0.216. The molecule has 4 nitrogen and oxygen atoms in total. The van der Waals surface area contributed by atoms with E-state index in [2.05, 4.69) is 5.32 Å². The highest BCUT2D eigenvalue weighted by Gasteiger charge is 2.22. The number of hydrogen-bond acceptors (Lipinski definition) is 3. The van der Waals surface area contributed by atoms with Crippen LogP contribution in [0.3, 0.4) is 0 Å². The van der Waals surface area contributed by atoms with Gasteiger partial charge in [0.1, 0.15) is 6.61 Å². The molecule has 1 aliphatic carbocycles. The average Bonchev–Trinajstić information content (AvgIpc) is 2.49. The Labute approximate surface area is 120 Å². The van der Waals surface area contributed by atoms with Gasteiger partial charge in [-0.3, -0.25) is 0 Å². The summed E-state index contributed by atoms with van der Waals surface area (Å²) in [6.07, 6.45) is 4.65. The van der Waals surface area contributed by atoms with Crippen LogP contribution in [-0.2, 0) is 11.3 Å². The molecule has 0 unspecified atom stereocenters. The van der Waals surface area contributed by atoms with Crippen LogP contribution in [0, 0.1) is 5.92 Å². The summed E-state index contributed by atoms with van der Waals surface area (Å²) in [6.45, 7) is 0.578. The Kier molecular flexibility index (Phi) is 5.87. The molecular weight excluding hydrogens is 254 g/mol. The fourth-order valence-corrected chi connectivity index (χ4v) is 2.71. The number of aliphatic hydroxyl groups is 1. The van der Waals surface area contributed by atoms with Gasteiger partial charge in [0.25, 0.3) is 0 Å².